The SMILES string of the molecule is Cc1ccccc1N(C)C(=O)C(C)(C)N. The Balaban J connectivity index is 3.01. The van der Waals surface area contributed by atoms with Crippen molar-refractivity contribution in [3.63, 3.8) is 0 Å². The fourth-order valence-electron chi connectivity index (χ4n) is 1.48. The lowest BCUT2D eigenvalue weighted by Crippen LogP contribution is -2.50. The van der Waals surface area contributed by atoms with Crippen LogP contribution in [0.5, 0.6) is 0 Å². The van der Waals surface area contributed by atoms with Crippen LogP contribution in [0.15, 0.2) is 24.3 Å². The van der Waals surface area contributed by atoms with Crippen molar-refractivity contribution in [3.05, 3.63) is 29.8 Å². The Hall–Kier alpha value is -1.35. The third-order valence-corrected chi connectivity index (χ3v) is 2.33. The summed E-state index contributed by atoms with van der Waals surface area (Å²) >= 11 is 0. The Morgan fingerprint density at radius 2 is 1.87 bits per heavy atom. The second kappa shape index (κ2) is 4.03. The van der Waals surface area contributed by atoms with Crippen LogP contribution in [0.4, 0.5) is 5.69 Å². The monoisotopic (exact) mass is 206 g/mol. The molecule has 0 unspecified atom stereocenters. The largest absolute Gasteiger partial charge is 0.318 e. The van der Waals surface area contributed by atoms with Crippen LogP contribution in [0, 0.1) is 6.92 Å². The van der Waals surface area contributed by atoms with Gasteiger partial charge in [0, 0.05) is 12.7 Å². The van der Waals surface area contributed by atoms with Crippen molar-refractivity contribution in [2.45, 2.75) is 26.3 Å². The predicted octanol–water partition coefficient (Wildman–Crippen LogP) is 1.70. The van der Waals surface area contributed by atoms with Gasteiger partial charge in [-0.3, -0.25) is 4.79 Å². The number of nitrogens with zero attached hydrogens (tertiary/aromatic N) is 1. The van der Waals surface area contributed by atoms with E-state index in [1.165, 1.54) is 0 Å². The molecule has 0 radical (unpaired) electrons. The maximum atomic E-state index is 11.9. The highest BCUT2D eigenvalue weighted by Crippen LogP contribution is 2.19. The molecular formula is C12H18N2O. The van der Waals surface area contributed by atoms with Gasteiger partial charge in [-0.2, -0.15) is 0 Å². The highest BCUT2D eigenvalue weighted by atomic mass is 16.2. The molecule has 0 atom stereocenters. The second-order valence-corrected chi connectivity index (χ2v) is 4.37. The van der Waals surface area contributed by atoms with Crippen LogP contribution in [0.2, 0.25) is 0 Å². The molecule has 0 spiro atoms. The normalized spacial score (nSPS) is 11.3. The molecule has 3 heteroatoms. The highest BCUT2D eigenvalue weighted by molar-refractivity contribution is 5.99. The lowest BCUT2D eigenvalue weighted by molar-refractivity contribution is -0.122. The molecule has 3 nitrogen and oxygen atoms in total. The molecule has 0 saturated carbocycles. The van der Waals surface area contributed by atoms with Gasteiger partial charge in [0.15, 0.2) is 0 Å². The third kappa shape index (κ3) is 2.57. The Bertz CT molecular complexity index is 366. The van der Waals surface area contributed by atoms with Gasteiger partial charge in [-0.15, -0.1) is 0 Å². The topological polar surface area (TPSA) is 46.3 Å². The van der Waals surface area contributed by atoms with Crippen molar-refractivity contribution in [1.82, 2.24) is 0 Å². The molecule has 0 aromatic heterocycles. The van der Waals surface area contributed by atoms with Crippen LogP contribution < -0.4 is 10.6 Å². The first-order chi connectivity index (χ1) is 6.84. The van der Waals surface area contributed by atoms with E-state index in [1.54, 1.807) is 25.8 Å². The first-order valence-corrected chi connectivity index (χ1v) is 4.96. The molecule has 0 saturated heterocycles. The molecule has 0 fully saturated rings. The fourth-order valence-corrected chi connectivity index (χ4v) is 1.48. The molecule has 0 aliphatic rings. The minimum Gasteiger partial charge on any atom is -0.318 e. The molecule has 1 amide bonds. The molecule has 2 N–H and O–H groups in total. The molecule has 15 heavy (non-hydrogen) atoms. The van der Waals surface area contributed by atoms with Crippen LogP contribution in [0.3, 0.4) is 0 Å². The van der Waals surface area contributed by atoms with Gasteiger partial charge < -0.3 is 10.6 Å². The lowest BCUT2D eigenvalue weighted by Gasteiger charge is -2.27. The molecule has 0 aliphatic heterocycles. The van der Waals surface area contributed by atoms with Crippen molar-refractivity contribution in [1.29, 1.82) is 0 Å². The Morgan fingerprint density at radius 3 is 2.33 bits per heavy atom. The van der Waals surface area contributed by atoms with Gasteiger partial charge in [0.1, 0.15) is 0 Å². The van der Waals surface area contributed by atoms with E-state index in [0.717, 1.165) is 11.3 Å². The molecule has 0 bridgehead atoms. The average molecular weight is 206 g/mol. The first-order valence-electron chi connectivity index (χ1n) is 4.96. The van der Waals surface area contributed by atoms with E-state index >= 15 is 0 Å². The number of carbonyl (C=O) groups excluding carboxylic acids is 1. The smallest absolute Gasteiger partial charge is 0.246 e. The standard InChI is InChI=1S/C12H18N2O/c1-9-7-5-6-8-10(9)14(4)11(15)12(2,3)13/h5-8H,13H2,1-4H3. The van der Waals surface area contributed by atoms with Crippen molar-refractivity contribution in [2.24, 2.45) is 5.73 Å². The number of nitrogens with two attached hydrogens (primary N) is 1. The zero-order valence-electron chi connectivity index (χ0n) is 9.74. The predicted molar refractivity (Wildman–Crippen MR) is 62.9 cm³/mol. The molecule has 1 aromatic carbocycles. The maximum absolute atomic E-state index is 11.9. The van der Waals surface area contributed by atoms with Gasteiger partial charge in [-0.05, 0) is 32.4 Å². The number of anilines is 1. The Kier molecular flexibility index (Phi) is 3.15. The number of hydrogen-bond acceptors (Lipinski definition) is 2. The van der Waals surface area contributed by atoms with Gasteiger partial charge in [0.25, 0.3) is 0 Å². The van der Waals surface area contributed by atoms with Crippen LogP contribution in [-0.2, 0) is 4.79 Å². The van der Waals surface area contributed by atoms with Crippen molar-refractivity contribution in [3.8, 4) is 0 Å². The number of carbonyl (C=O) groups is 1. The van der Waals surface area contributed by atoms with Gasteiger partial charge in [0.2, 0.25) is 5.91 Å². The summed E-state index contributed by atoms with van der Waals surface area (Å²) < 4.78 is 0. The summed E-state index contributed by atoms with van der Waals surface area (Å²) in [4.78, 5) is 13.5. The number of aryl methyl sites for hydroxylation is 1. The van der Waals surface area contributed by atoms with E-state index in [-0.39, 0.29) is 5.91 Å². The summed E-state index contributed by atoms with van der Waals surface area (Å²) in [6.45, 7) is 5.40. The summed E-state index contributed by atoms with van der Waals surface area (Å²) in [5, 5.41) is 0. The molecule has 1 rings (SSSR count). The summed E-state index contributed by atoms with van der Waals surface area (Å²) in [5.41, 5.74) is 6.91. The third-order valence-electron chi connectivity index (χ3n) is 2.33. The molecule has 0 heterocycles. The minimum absolute atomic E-state index is 0.0863. The average Bonchev–Trinajstić information content (AvgIpc) is 2.15. The van der Waals surface area contributed by atoms with Crippen LogP contribution in [0.1, 0.15) is 19.4 Å². The van der Waals surface area contributed by atoms with Gasteiger partial charge in [-0.1, -0.05) is 18.2 Å². The fraction of sp³-hybridized carbons (Fsp3) is 0.417. The Morgan fingerprint density at radius 1 is 1.33 bits per heavy atom. The van der Waals surface area contributed by atoms with E-state index in [1.807, 2.05) is 31.2 Å². The van der Waals surface area contributed by atoms with Crippen molar-refractivity contribution >= 4 is 11.6 Å². The van der Waals surface area contributed by atoms with E-state index in [2.05, 4.69) is 0 Å². The van der Waals surface area contributed by atoms with Crippen molar-refractivity contribution < 1.29 is 4.79 Å². The summed E-state index contributed by atoms with van der Waals surface area (Å²) in [6.07, 6.45) is 0. The van der Waals surface area contributed by atoms with Gasteiger partial charge in [-0.25, -0.2) is 0 Å². The molecule has 0 aliphatic carbocycles. The summed E-state index contributed by atoms with van der Waals surface area (Å²) in [7, 11) is 1.75. The molecule has 82 valence electrons. The number of likely N-dealkylation sites (N-methyl/N-ethyl adjacent to an activating group) is 1. The zero-order chi connectivity index (χ0) is 11.6. The highest BCUT2D eigenvalue weighted by Gasteiger charge is 2.26. The Labute approximate surface area is 90.9 Å². The summed E-state index contributed by atoms with van der Waals surface area (Å²) in [5.74, 6) is -0.0863. The van der Waals surface area contributed by atoms with Crippen LogP contribution in [0.25, 0.3) is 0 Å². The molecular weight excluding hydrogens is 188 g/mol. The van der Waals surface area contributed by atoms with E-state index < -0.39 is 5.54 Å². The number of rotatable bonds is 2. The minimum atomic E-state index is -0.836. The quantitative estimate of drug-likeness (QED) is 0.800. The van der Waals surface area contributed by atoms with Crippen LogP contribution >= 0.6 is 0 Å². The van der Waals surface area contributed by atoms with E-state index in [9.17, 15) is 4.79 Å². The molecule has 1 aromatic rings. The summed E-state index contributed by atoms with van der Waals surface area (Å²) in [6, 6.07) is 7.75. The number of benzene rings is 1. The first kappa shape index (κ1) is 11.7. The second-order valence-electron chi connectivity index (χ2n) is 4.37. The van der Waals surface area contributed by atoms with E-state index in [4.69, 9.17) is 5.73 Å². The van der Waals surface area contributed by atoms with Gasteiger partial charge >= 0.3 is 0 Å². The number of amides is 1. The zero-order valence-corrected chi connectivity index (χ0v) is 9.74. The van der Waals surface area contributed by atoms with Gasteiger partial charge in [0.05, 0.1) is 5.54 Å². The maximum Gasteiger partial charge on any atom is 0.246 e. The van der Waals surface area contributed by atoms with Crippen molar-refractivity contribution in [2.75, 3.05) is 11.9 Å². The lowest BCUT2D eigenvalue weighted by atomic mass is 10.0. The number of hydrogen-bond donors (Lipinski definition) is 1. The van der Waals surface area contributed by atoms with E-state index in [0.29, 0.717) is 0 Å². The van der Waals surface area contributed by atoms with Crippen LogP contribution in [-0.4, -0.2) is 18.5 Å². The number of para-hydroxylation sites is 1.